The molecule has 3 heterocycles. The van der Waals surface area contributed by atoms with Gasteiger partial charge >= 0.3 is 0 Å². The van der Waals surface area contributed by atoms with E-state index in [4.69, 9.17) is 21.1 Å². The minimum atomic E-state index is -3.39. The summed E-state index contributed by atoms with van der Waals surface area (Å²) in [6, 6.07) is 9.48. The molecule has 3 aromatic rings. The summed E-state index contributed by atoms with van der Waals surface area (Å²) in [5, 5.41) is 0.168. The molecule has 172 valence electrons. The summed E-state index contributed by atoms with van der Waals surface area (Å²) in [4.78, 5) is 14.3. The van der Waals surface area contributed by atoms with E-state index in [-0.39, 0.29) is 27.8 Å². The van der Waals surface area contributed by atoms with Crippen LogP contribution in [0.3, 0.4) is 0 Å². The zero-order valence-electron chi connectivity index (χ0n) is 17.4. The number of sulfone groups is 1. The SMILES string of the molecule is O=S1(=O)COc2cc(-c3ccc(OCC4CCN(c5ncnc(Cl)n5)CC4)c(F)c3)ccc21. The highest BCUT2D eigenvalue weighted by Crippen LogP contribution is 2.36. The number of ether oxygens (including phenoxy) is 2. The van der Waals surface area contributed by atoms with E-state index in [0.717, 1.165) is 25.9 Å². The number of nitrogens with zero attached hydrogens (tertiary/aromatic N) is 4. The number of fused-ring (bicyclic) bond motifs is 1. The second kappa shape index (κ2) is 8.75. The van der Waals surface area contributed by atoms with Crippen LogP contribution in [-0.2, 0) is 9.84 Å². The van der Waals surface area contributed by atoms with Crippen LogP contribution in [0.5, 0.6) is 11.5 Å². The van der Waals surface area contributed by atoms with Crippen molar-refractivity contribution in [3.8, 4) is 22.6 Å². The van der Waals surface area contributed by atoms with Crippen LogP contribution in [0.15, 0.2) is 47.6 Å². The monoisotopic (exact) mass is 490 g/mol. The Kier molecular flexibility index (Phi) is 5.79. The van der Waals surface area contributed by atoms with Crippen LogP contribution in [-0.4, -0.2) is 49.0 Å². The molecule has 1 saturated heterocycles. The number of benzene rings is 2. The molecule has 2 aliphatic heterocycles. The molecule has 0 saturated carbocycles. The van der Waals surface area contributed by atoms with Gasteiger partial charge in [0.25, 0.3) is 0 Å². The Balaban J connectivity index is 1.20. The van der Waals surface area contributed by atoms with Crippen molar-refractivity contribution in [2.24, 2.45) is 5.92 Å². The number of aromatic nitrogens is 3. The first-order chi connectivity index (χ1) is 15.9. The zero-order chi connectivity index (χ0) is 23.0. The number of hydrogen-bond donors (Lipinski definition) is 0. The van der Waals surface area contributed by atoms with Crippen LogP contribution >= 0.6 is 11.6 Å². The third-order valence-corrected chi connectivity index (χ3v) is 7.43. The van der Waals surface area contributed by atoms with E-state index in [0.29, 0.717) is 29.4 Å². The van der Waals surface area contributed by atoms with Gasteiger partial charge in [0.1, 0.15) is 17.0 Å². The van der Waals surface area contributed by atoms with Gasteiger partial charge in [-0.25, -0.2) is 22.8 Å². The Morgan fingerprint density at radius 1 is 1.12 bits per heavy atom. The van der Waals surface area contributed by atoms with Crippen LogP contribution < -0.4 is 14.4 Å². The summed E-state index contributed by atoms with van der Waals surface area (Å²) in [6.45, 7) is 1.92. The highest BCUT2D eigenvalue weighted by molar-refractivity contribution is 7.91. The van der Waals surface area contributed by atoms with Gasteiger partial charge in [-0.1, -0.05) is 12.1 Å². The Labute approximate surface area is 195 Å². The molecule has 0 bridgehead atoms. The number of anilines is 1. The predicted molar refractivity (Wildman–Crippen MR) is 120 cm³/mol. The normalized spacial score (nSPS) is 17.5. The van der Waals surface area contributed by atoms with Gasteiger partial charge < -0.3 is 14.4 Å². The molecule has 1 aromatic heterocycles. The molecule has 5 rings (SSSR count). The van der Waals surface area contributed by atoms with E-state index in [1.807, 2.05) is 4.90 Å². The molecule has 0 N–H and O–H groups in total. The van der Waals surface area contributed by atoms with E-state index in [2.05, 4.69) is 15.0 Å². The van der Waals surface area contributed by atoms with Crippen LogP contribution in [0, 0.1) is 11.7 Å². The van der Waals surface area contributed by atoms with Crippen molar-refractivity contribution < 1.29 is 22.3 Å². The summed E-state index contributed by atoms with van der Waals surface area (Å²) in [5.74, 6) is 0.483. The number of piperidine rings is 1. The topological polar surface area (TPSA) is 94.5 Å². The predicted octanol–water partition coefficient (Wildman–Crippen LogP) is 3.75. The fourth-order valence-electron chi connectivity index (χ4n) is 3.99. The van der Waals surface area contributed by atoms with Crippen molar-refractivity contribution >= 4 is 27.4 Å². The molecule has 2 aromatic carbocycles. The first-order valence-electron chi connectivity index (χ1n) is 10.4. The van der Waals surface area contributed by atoms with Gasteiger partial charge in [0.05, 0.1) is 6.61 Å². The van der Waals surface area contributed by atoms with Gasteiger partial charge in [-0.2, -0.15) is 4.98 Å². The van der Waals surface area contributed by atoms with Gasteiger partial charge in [-0.05, 0) is 65.8 Å². The van der Waals surface area contributed by atoms with Crippen molar-refractivity contribution in [3.63, 3.8) is 0 Å². The molecule has 1 fully saturated rings. The van der Waals surface area contributed by atoms with Crippen LogP contribution in [0.25, 0.3) is 11.1 Å². The highest BCUT2D eigenvalue weighted by atomic mass is 35.5. The van der Waals surface area contributed by atoms with Gasteiger partial charge in [-0.3, -0.25) is 0 Å². The molecule has 0 unspecified atom stereocenters. The third-order valence-electron chi connectivity index (χ3n) is 5.82. The average Bonchev–Trinajstić information content (AvgIpc) is 3.12. The number of halogens is 2. The van der Waals surface area contributed by atoms with E-state index >= 15 is 0 Å². The second-order valence-electron chi connectivity index (χ2n) is 7.98. The smallest absolute Gasteiger partial charge is 0.229 e. The van der Waals surface area contributed by atoms with E-state index < -0.39 is 15.7 Å². The minimum absolute atomic E-state index is 0.163. The highest BCUT2D eigenvalue weighted by Gasteiger charge is 2.28. The molecule has 11 heteroatoms. The molecule has 33 heavy (non-hydrogen) atoms. The van der Waals surface area contributed by atoms with Crippen molar-refractivity contribution in [3.05, 3.63) is 53.8 Å². The lowest BCUT2D eigenvalue weighted by Gasteiger charge is -2.31. The van der Waals surface area contributed by atoms with Gasteiger partial charge in [0.15, 0.2) is 17.5 Å². The van der Waals surface area contributed by atoms with Crippen molar-refractivity contribution in [2.45, 2.75) is 17.7 Å². The average molecular weight is 491 g/mol. The van der Waals surface area contributed by atoms with Crippen molar-refractivity contribution in [1.29, 1.82) is 0 Å². The van der Waals surface area contributed by atoms with Crippen LogP contribution in [0.1, 0.15) is 12.8 Å². The quantitative estimate of drug-likeness (QED) is 0.533. The summed E-state index contributed by atoms with van der Waals surface area (Å²) in [7, 11) is -3.39. The third kappa shape index (κ3) is 4.58. The maximum atomic E-state index is 14.7. The van der Waals surface area contributed by atoms with Gasteiger partial charge in [-0.15, -0.1) is 0 Å². The maximum absolute atomic E-state index is 14.7. The Bertz CT molecular complexity index is 1300. The van der Waals surface area contributed by atoms with Crippen molar-refractivity contribution in [2.75, 3.05) is 30.5 Å². The first-order valence-corrected chi connectivity index (χ1v) is 12.4. The zero-order valence-corrected chi connectivity index (χ0v) is 19.0. The second-order valence-corrected chi connectivity index (χ2v) is 10.2. The fraction of sp³-hybridized carbons (Fsp3) is 0.318. The summed E-state index contributed by atoms with van der Waals surface area (Å²) in [6.07, 6.45) is 3.12. The Morgan fingerprint density at radius 2 is 1.88 bits per heavy atom. The Hall–Kier alpha value is -2.98. The number of hydrogen-bond acceptors (Lipinski definition) is 8. The standard InChI is InChI=1S/C22H20ClFN4O4S/c23-21-25-12-26-22(27-21)28-7-5-14(6-8-28)11-31-18-3-1-15(9-17(18)24)16-2-4-20-19(10-16)32-13-33(20,29)30/h1-4,9-10,12,14H,5-8,11,13H2. The summed E-state index contributed by atoms with van der Waals surface area (Å²) in [5.41, 5.74) is 1.28. The lowest BCUT2D eigenvalue weighted by atomic mass is 9.98. The summed E-state index contributed by atoms with van der Waals surface area (Å²) < 4.78 is 49.5. The van der Waals surface area contributed by atoms with E-state index in [1.165, 1.54) is 18.5 Å². The lowest BCUT2D eigenvalue weighted by molar-refractivity contribution is 0.215. The molecule has 0 radical (unpaired) electrons. The first kappa shape index (κ1) is 21.8. The molecule has 8 nitrogen and oxygen atoms in total. The maximum Gasteiger partial charge on any atom is 0.229 e. The molecular formula is C22H20ClFN4O4S. The summed E-state index contributed by atoms with van der Waals surface area (Å²) >= 11 is 5.84. The molecule has 0 amide bonds. The van der Waals surface area contributed by atoms with E-state index in [9.17, 15) is 12.8 Å². The lowest BCUT2D eigenvalue weighted by Crippen LogP contribution is -2.36. The van der Waals surface area contributed by atoms with E-state index in [1.54, 1.807) is 24.3 Å². The number of rotatable bonds is 5. The van der Waals surface area contributed by atoms with Gasteiger partial charge in [0, 0.05) is 13.1 Å². The molecule has 2 aliphatic rings. The van der Waals surface area contributed by atoms with Crippen molar-refractivity contribution in [1.82, 2.24) is 15.0 Å². The molecule has 0 spiro atoms. The van der Waals surface area contributed by atoms with Crippen LogP contribution in [0.4, 0.5) is 10.3 Å². The molecule has 0 aliphatic carbocycles. The largest absolute Gasteiger partial charge is 0.490 e. The molecule has 0 atom stereocenters. The Morgan fingerprint density at radius 3 is 2.64 bits per heavy atom. The van der Waals surface area contributed by atoms with Crippen LogP contribution in [0.2, 0.25) is 5.28 Å². The van der Waals surface area contributed by atoms with Gasteiger partial charge in [0.2, 0.25) is 21.1 Å². The minimum Gasteiger partial charge on any atom is -0.490 e. The molecular weight excluding hydrogens is 471 g/mol. The fourth-order valence-corrected chi connectivity index (χ4v) is 5.22.